The molecule has 6 rings (SSSR count). The predicted octanol–water partition coefficient (Wildman–Crippen LogP) is 5.90. The number of aromatic amines is 2. The smallest absolute Gasteiger partial charge is 0.0659 e. The number of hydrogen-bond donors (Lipinski definition) is 3. The molecule has 3 aromatic heterocycles. The van der Waals surface area contributed by atoms with Crippen molar-refractivity contribution < 1.29 is 0 Å². The summed E-state index contributed by atoms with van der Waals surface area (Å²) in [7, 11) is 0. The summed E-state index contributed by atoms with van der Waals surface area (Å²) in [5.41, 5.74) is 16.6. The molecule has 8 bridgehead atoms. The second-order valence-electron chi connectivity index (χ2n) is 7.64. The molecular formula is C26H19N5. The molecule has 4 N–H and O–H groups in total. The first-order chi connectivity index (χ1) is 15.2. The van der Waals surface area contributed by atoms with Crippen molar-refractivity contribution in [3.63, 3.8) is 0 Å². The Bertz CT molecular complexity index is 1530. The summed E-state index contributed by atoms with van der Waals surface area (Å²) in [4.78, 5) is 16.4. The third-order valence-corrected chi connectivity index (χ3v) is 5.45. The SMILES string of the molecule is Nc1c(-c2ccccc2)c2cc3nc(cc4ccc(cc5nc(cc1[nH]2)C=C5)[nH]4)C=C3. The lowest BCUT2D eigenvalue weighted by molar-refractivity contribution is 1.31. The minimum absolute atomic E-state index is 0.697. The fourth-order valence-electron chi connectivity index (χ4n) is 4.02. The molecule has 1 aromatic carbocycles. The highest BCUT2D eigenvalue weighted by atomic mass is 14.8. The number of anilines is 1. The van der Waals surface area contributed by atoms with Crippen LogP contribution in [-0.4, -0.2) is 19.9 Å². The van der Waals surface area contributed by atoms with Crippen molar-refractivity contribution in [2.45, 2.75) is 0 Å². The zero-order valence-electron chi connectivity index (χ0n) is 16.6. The van der Waals surface area contributed by atoms with Gasteiger partial charge in [0.05, 0.1) is 39.5 Å². The van der Waals surface area contributed by atoms with E-state index in [4.69, 9.17) is 15.7 Å². The van der Waals surface area contributed by atoms with Crippen molar-refractivity contribution in [3.05, 3.63) is 89.5 Å². The summed E-state index contributed by atoms with van der Waals surface area (Å²) in [6, 6.07) is 22.3. The van der Waals surface area contributed by atoms with Crippen LogP contribution in [0.4, 0.5) is 5.69 Å². The Hall–Kier alpha value is -4.38. The van der Waals surface area contributed by atoms with Crippen LogP contribution in [0.25, 0.3) is 57.5 Å². The quantitative estimate of drug-likeness (QED) is 0.320. The van der Waals surface area contributed by atoms with E-state index in [9.17, 15) is 0 Å². The molecule has 5 heterocycles. The van der Waals surface area contributed by atoms with Crippen molar-refractivity contribution in [1.82, 2.24) is 19.9 Å². The number of nitrogen functional groups attached to an aromatic ring is 1. The maximum absolute atomic E-state index is 6.62. The second-order valence-corrected chi connectivity index (χ2v) is 7.64. The molecule has 0 radical (unpaired) electrons. The first-order valence-corrected chi connectivity index (χ1v) is 10.1. The van der Waals surface area contributed by atoms with Gasteiger partial charge in [0.1, 0.15) is 0 Å². The van der Waals surface area contributed by atoms with Gasteiger partial charge < -0.3 is 15.7 Å². The summed E-state index contributed by atoms with van der Waals surface area (Å²) in [6.07, 6.45) is 8.03. The highest BCUT2D eigenvalue weighted by Gasteiger charge is 2.12. The van der Waals surface area contributed by atoms with E-state index in [0.717, 1.165) is 56.0 Å². The van der Waals surface area contributed by atoms with Crippen molar-refractivity contribution in [1.29, 1.82) is 0 Å². The van der Waals surface area contributed by atoms with Gasteiger partial charge in [0, 0.05) is 16.6 Å². The van der Waals surface area contributed by atoms with Crippen LogP contribution in [0.1, 0.15) is 22.8 Å². The van der Waals surface area contributed by atoms with Gasteiger partial charge in [0.2, 0.25) is 0 Å². The van der Waals surface area contributed by atoms with Crippen LogP contribution in [0.15, 0.2) is 66.7 Å². The maximum atomic E-state index is 6.62. The van der Waals surface area contributed by atoms with Crippen LogP contribution in [0.5, 0.6) is 0 Å². The van der Waals surface area contributed by atoms with Gasteiger partial charge in [-0.15, -0.1) is 0 Å². The third-order valence-electron chi connectivity index (χ3n) is 5.45. The number of nitrogens with one attached hydrogen (secondary N) is 2. The molecule has 0 amide bonds. The van der Waals surface area contributed by atoms with Gasteiger partial charge in [-0.05, 0) is 66.3 Å². The van der Waals surface area contributed by atoms with Gasteiger partial charge in [0.15, 0.2) is 0 Å². The fraction of sp³-hybridized carbons (Fsp3) is 0. The molecule has 148 valence electrons. The number of hydrogen-bond acceptors (Lipinski definition) is 3. The van der Waals surface area contributed by atoms with E-state index in [1.165, 1.54) is 0 Å². The molecule has 2 aliphatic rings. The van der Waals surface area contributed by atoms with Crippen LogP contribution in [0, 0.1) is 0 Å². The van der Waals surface area contributed by atoms with Gasteiger partial charge in [-0.3, -0.25) is 0 Å². The van der Waals surface area contributed by atoms with E-state index in [-0.39, 0.29) is 0 Å². The Labute approximate surface area is 178 Å². The molecule has 0 fully saturated rings. The Morgan fingerprint density at radius 3 is 1.74 bits per heavy atom. The van der Waals surface area contributed by atoms with E-state index in [0.29, 0.717) is 5.69 Å². The number of nitrogens with zero attached hydrogens (tertiary/aromatic N) is 2. The molecule has 0 spiro atoms. The molecule has 31 heavy (non-hydrogen) atoms. The highest BCUT2D eigenvalue weighted by Crippen LogP contribution is 2.34. The largest absolute Gasteiger partial charge is 0.396 e. The minimum atomic E-state index is 0.697. The Balaban J connectivity index is 1.72. The molecule has 0 saturated heterocycles. The monoisotopic (exact) mass is 401 g/mol. The maximum Gasteiger partial charge on any atom is 0.0659 e. The van der Waals surface area contributed by atoms with Crippen LogP contribution in [-0.2, 0) is 0 Å². The van der Waals surface area contributed by atoms with E-state index in [2.05, 4.69) is 22.1 Å². The van der Waals surface area contributed by atoms with Gasteiger partial charge >= 0.3 is 0 Å². The number of benzene rings is 1. The molecule has 2 aliphatic heterocycles. The molecule has 0 atom stereocenters. The molecule has 0 unspecified atom stereocenters. The van der Waals surface area contributed by atoms with Gasteiger partial charge in [0.25, 0.3) is 0 Å². The van der Waals surface area contributed by atoms with Crippen LogP contribution in [0.2, 0.25) is 0 Å². The molecular weight excluding hydrogens is 382 g/mol. The summed E-state index contributed by atoms with van der Waals surface area (Å²) in [5.74, 6) is 0. The topological polar surface area (TPSA) is 83.4 Å². The Morgan fingerprint density at radius 1 is 0.581 bits per heavy atom. The second kappa shape index (κ2) is 6.85. The van der Waals surface area contributed by atoms with Gasteiger partial charge in [-0.1, -0.05) is 30.3 Å². The average molecular weight is 401 g/mol. The molecule has 0 aliphatic carbocycles. The van der Waals surface area contributed by atoms with Gasteiger partial charge in [-0.2, -0.15) is 0 Å². The predicted molar refractivity (Wildman–Crippen MR) is 129 cm³/mol. The number of fused-ring (bicyclic) bond motifs is 8. The Kier molecular flexibility index (Phi) is 3.86. The molecule has 4 aromatic rings. The lowest BCUT2D eigenvalue weighted by Gasteiger charge is -2.00. The third kappa shape index (κ3) is 3.22. The number of aromatic nitrogens is 4. The van der Waals surface area contributed by atoms with Crippen molar-refractivity contribution >= 4 is 52.1 Å². The summed E-state index contributed by atoms with van der Waals surface area (Å²) in [6.45, 7) is 0. The first-order valence-electron chi connectivity index (χ1n) is 10.1. The molecule has 0 saturated carbocycles. The van der Waals surface area contributed by atoms with E-state index in [1.807, 2.05) is 78.9 Å². The summed E-state index contributed by atoms with van der Waals surface area (Å²) >= 11 is 0. The zero-order valence-corrected chi connectivity index (χ0v) is 16.6. The standard InChI is InChI=1S/C26H19N5/c27-26-24-15-22-11-9-20(30-22)13-18-7-6-17(28-18)12-19-8-10-21(29-19)14-23(31-24)25(26)16-4-2-1-3-5-16/h1-15,28,31H,27H2. The van der Waals surface area contributed by atoms with Crippen molar-refractivity contribution in [2.24, 2.45) is 0 Å². The average Bonchev–Trinajstić information content (AvgIpc) is 3.55. The van der Waals surface area contributed by atoms with Crippen molar-refractivity contribution in [2.75, 3.05) is 5.73 Å². The Morgan fingerprint density at radius 2 is 1.13 bits per heavy atom. The van der Waals surface area contributed by atoms with Gasteiger partial charge in [-0.25, -0.2) is 9.97 Å². The first kappa shape index (κ1) is 17.5. The fourth-order valence-corrected chi connectivity index (χ4v) is 4.02. The van der Waals surface area contributed by atoms with Crippen LogP contribution < -0.4 is 5.73 Å². The summed E-state index contributed by atoms with van der Waals surface area (Å²) < 4.78 is 0. The van der Waals surface area contributed by atoms with Crippen molar-refractivity contribution in [3.8, 4) is 11.1 Å². The zero-order chi connectivity index (χ0) is 20.8. The van der Waals surface area contributed by atoms with Crippen LogP contribution >= 0.6 is 0 Å². The van der Waals surface area contributed by atoms with Crippen LogP contribution in [0.3, 0.4) is 0 Å². The molecule has 5 nitrogen and oxygen atoms in total. The number of H-pyrrole nitrogens is 2. The summed E-state index contributed by atoms with van der Waals surface area (Å²) in [5, 5.41) is 0. The molecule has 5 heteroatoms. The van der Waals surface area contributed by atoms with E-state index < -0.39 is 0 Å². The normalized spacial score (nSPS) is 12.4. The van der Waals surface area contributed by atoms with E-state index >= 15 is 0 Å². The number of rotatable bonds is 1. The lowest BCUT2D eigenvalue weighted by atomic mass is 10.1. The number of nitrogens with two attached hydrogens (primary N) is 1. The minimum Gasteiger partial charge on any atom is -0.396 e. The lowest BCUT2D eigenvalue weighted by Crippen LogP contribution is -1.86. The van der Waals surface area contributed by atoms with E-state index in [1.54, 1.807) is 0 Å². The highest BCUT2D eigenvalue weighted by molar-refractivity contribution is 5.99.